The molecular formula is C18H25NO4. The zero-order chi connectivity index (χ0) is 16.8. The predicted octanol–water partition coefficient (Wildman–Crippen LogP) is 2.94. The second-order valence-electron chi connectivity index (χ2n) is 6.39. The van der Waals surface area contributed by atoms with Gasteiger partial charge in [0.1, 0.15) is 0 Å². The monoisotopic (exact) mass is 319 g/mol. The van der Waals surface area contributed by atoms with E-state index in [1.54, 1.807) is 0 Å². The molecule has 1 amide bonds. The van der Waals surface area contributed by atoms with Gasteiger partial charge in [-0.2, -0.15) is 0 Å². The Bertz CT molecular complexity index is 530. The Kier molecular flexibility index (Phi) is 6.16. The lowest BCUT2D eigenvalue weighted by molar-refractivity contribution is -0.138. The number of piperidine rings is 1. The Balaban J connectivity index is 1.87. The normalized spacial score (nSPS) is 15.9. The SMILES string of the molecule is CC(C)OCc1ccc(C(=O)N2CCC(CC(=O)O)CC2)cc1. The van der Waals surface area contributed by atoms with E-state index in [9.17, 15) is 9.59 Å². The molecular weight excluding hydrogens is 294 g/mol. The van der Waals surface area contributed by atoms with Crippen LogP contribution in [0.3, 0.4) is 0 Å². The zero-order valence-corrected chi connectivity index (χ0v) is 13.8. The molecule has 1 aromatic carbocycles. The highest BCUT2D eigenvalue weighted by atomic mass is 16.5. The standard InChI is InChI=1S/C18H25NO4/c1-13(2)23-12-15-3-5-16(6-4-15)18(22)19-9-7-14(8-10-19)11-17(20)21/h3-6,13-14H,7-12H2,1-2H3,(H,20,21). The molecule has 1 aliphatic heterocycles. The maximum atomic E-state index is 12.5. The number of ether oxygens (including phenoxy) is 1. The highest BCUT2D eigenvalue weighted by Gasteiger charge is 2.24. The van der Waals surface area contributed by atoms with E-state index in [0.29, 0.717) is 25.3 Å². The minimum absolute atomic E-state index is 0.0232. The molecule has 0 spiro atoms. The molecule has 1 fully saturated rings. The van der Waals surface area contributed by atoms with Crippen molar-refractivity contribution in [2.24, 2.45) is 5.92 Å². The van der Waals surface area contributed by atoms with Crippen LogP contribution in [0.2, 0.25) is 0 Å². The molecule has 5 heteroatoms. The van der Waals surface area contributed by atoms with Gasteiger partial charge in [0.05, 0.1) is 12.7 Å². The summed E-state index contributed by atoms with van der Waals surface area (Å²) in [6.07, 6.45) is 1.91. The van der Waals surface area contributed by atoms with Gasteiger partial charge < -0.3 is 14.7 Å². The molecule has 0 atom stereocenters. The first-order valence-corrected chi connectivity index (χ1v) is 8.17. The molecule has 0 radical (unpaired) electrons. The van der Waals surface area contributed by atoms with Crippen molar-refractivity contribution in [3.8, 4) is 0 Å². The minimum atomic E-state index is -0.756. The van der Waals surface area contributed by atoms with Gasteiger partial charge in [0.2, 0.25) is 0 Å². The number of benzene rings is 1. The van der Waals surface area contributed by atoms with E-state index in [4.69, 9.17) is 9.84 Å². The van der Waals surface area contributed by atoms with Crippen LogP contribution in [0.25, 0.3) is 0 Å². The summed E-state index contributed by atoms with van der Waals surface area (Å²) in [5.41, 5.74) is 1.73. The summed E-state index contributed by atoms with van der Waals surface area (Å²) in [7, 11) is 0. The fourth-order valence-corrected chi connectivity index (χ4v) is 2.78. The number of carboxylic acid groups (broad SMARTS) is 1. The van der Waals surface area contributed by atoms with Crippen molar-refractivity contribution in [1.29, 1.82) is 0 Å². The first-order chi connectivity index (χ1) is 11.0. The number of rotatable bonds is 6. The van der Waals surface area contributed by atoms with E-state index < -0.39 is 5.97 Å². The number of carbonyl (C=O) groups is 2. The van der Waals surface area contributed by atoms with Crippen molar-refractivity contribution in [3.05, 3.63) is 35.4 Å². The number of likely N-dealkylation sites (tertiary alicyclic amines) is 1. The fourth-order valence-electron chi connectivity index (χ4n) is 2.78. The molecule has 1 aliphatic rings. The second kappa shape index (κ2) is 8.11. The predicted molar refractivity (Wildman–Crippen MR) is 87.2 cm³/mol. The van der Waals surface area contributed by atoms with Crippen molar-refractivity contribution in [1.82, 2.24) is 4.90 Å². The van der Waals surface area contributed by atoms with Gasteiger partial charge in [-0.25, -0.2) is 0 Å². The van der Waals surface area contributed by atoms with E-state index in [-0.39, 0.29) is 24.3 Å². The van der Waals surface area contributed by atoms with Crippen LogP contribution >= 0.6 is 0 Å². The average Bonchev–Trinajstić information content (AvgIpc) is 2.53. The zero-order valence-electron chi connectivity index (χ0n) is 13.8. The molecule has 0 aliphatic carbocycles. The molecule has 23 heavy (non-hydrogen) atoms. The van der Waals surface area contributed by atoms with Gasteiger partial charge in [0.15, 0.2) is 0 Å². The van der Waals surface area contributed by atoms with Crippen molar-refractivity contribution < 1.29 is 19.4 Å². The Morgan fingerprint density at radius 3 is 2.35 bits per heavy atom. The minimum Gasteiger partial charge on any atom is -0.481 e. The number of hydrogen-bond acceptors (Lipinski definition) is 3. The highest BCUT2D eigenvalue weighted by molar-refractivity contribution is 5.94. The van der Waals surface area contributed by atoms with Crippen molar-refractivity contribution >= 4 is 11.9 Å². The van der Waals surface area contributed by atoms with Gasteiger partial charge in [-0.05, 0) is 50.3 Å². The number of amides is 1. The van der Waals surface area contributed by atoms with E-state index >= 15 is 0 Å². The molecule has 1 saturated heterocycles. The smallest absolute Gasteiger partial charge is 0.303 e. The van der Waals surface area contributed by atoms with Crippen molar-refractivity contribution in [2.75, 3.05) is 13.1 Å². The summed E-state index contributed by atoms with van der Waals surface area (Å²) in [4.78, 5) is 25.0. The molecule has 5 nitrogen and oxygen atoms in total. The van der Waals surface area contributed by atoms with Gasteiger partial charge >= 0.3 is 5.97 Å². The largest absolute Gasteiger partial charge is 0.481 e. The van der Waals surface area contributed by atoms with Gasteiger partial charge in [0, 0.05) is 25.1 Å². The van der Waals surface area contributed by atoms with Crippen molar-refractivity contribution in [2.45, 2.75) is 45.8 Å². The third kappa shape index (κ3) is 5.36. The molecule has 1 heterocycles. The van der Waals surface area contributed by atoms with Crippen LogP contribution in [-0.4, -0.2) is 41.1 Å². The fraction of sp³-hybridized carbons (Fsp3) is 0.556. The van der Waals surface area contributed by atoms with Gasteiger partial charge in [-0.1, -0.05) is 12.1 Å². The molecule has 0 unspecified atom stereocenters. The second-order valence-corrected chi connectivity index (χ2v) is 6.39. The summed E-state index contributed by atoms with van der Waals surface area (Å²) in [6.45, 7) is 5.80. The molecule has 126 valence electrons. The van der Waals surface area contributed by atoms with Crippen molar-refractivity contribution in [3.63, 3.8) is 0 Å². The Hall–Kier alpha value is -1.88. The maximum absolute atomic E-state index is 12.5. The van der Waals surface area contributed by atoms with Crippen LogP contribution in [0.15, 0.2) is 24.3 Å². The first-order valence-electron chi connectivity index (χ1n) is 8.17. The number of carboxylic acids is 1. The van der Waals surface area contributed by atoms with Gasteiger partial charge in [-0.15, -0.1) is 0 Å². The van der Waals surface area contributed by atoms with Crippen LogP contribution in [0.1, 0.15) is 49.0 Å². The average molecular weight is 319 g/mol. The number of hydrogen-bond donors (Lipinski definition) is 1. The van der Waals surface area contributed by atoms with Gasteiger partial charge in [0.25, 0.3) is 5.91 Å². The Morgan fingerprint density at radius 1 is 1.22 bits per heavy atom. The lowest BCUT2D eigenvalue weighted by Gasteiger charge is -2.31. The first kappa shape index (κ1) is 17.5. The van der Waals surface area contributed by atoms with E-state index in [0.717, 1.165) is 18.4 Å². The van der Waals surface area contributed by atoms with E-state index in [1.165, 1.54) is 0 Å². The van der Waals surface area contributed by atoms with Crippen LogP contribution in [0.5, 0.6) is 0 Å². The van der Waals surface area contributed by atoms with Gasteiger partial charge in [-0.3, -0.25) is 9.59 Å². The van der Waals surface area contributed by atoms with E-state index in [2.05, 4.69) is 0 Å². The third-order valence-corrected chi connectivity index (χ3v) is 4.15. The molecule has 1 N–H and O–H groups in total. The van der Waals surface area contributed by atoms with Crippen LogP contribution in [0, 0.1) is 5.92 Å². The summed E-state index contributed by atoms with van der Waals surface area (Å²) in [5.74, 6) is -0.545. The number of aliphatic carboxylic acids is 1. The van der Waals surface area contributed by atoms with Crippen LogP contribution < -0.4 is 0 Å². The number of nitrogens with zero attached hydrogens (tertiary/aromatic N) is 1. The summed E-state index contributed by atoms with van der Waals surface area (Å²) < 4.78 is 5.54. The quantitative estimate of drug-likeness (QED) is 0.875. The molecule has 0 saturated carbocycles. The summed E-state index contributed by atoms with van der Waals surface area (Å²) >= 11 is 0. The Labute approximate surface area is 137 Å². The topological polar surface area (TPSA) is 66.8 Å². The van der Waals surface area contributed by atoms with Crippen LogP contribution in [-0.2, 0) is 16.1 Å². The third-order valence-electron chi connectivity index (χ3n) is 4.15. The van der Waals surface area contributed by atoms with E-state index in [1.807, 2.05) is 43.0 Å². The Morgan fingerprint density at radius 2 is 1.83 bits per heavy atom. The maximum Gasteiger partial charge on any atom is 0.303 e. The molecule has 2 rings (SSSR count). The number of carbonyl (C=O) groups excluding carboxylic acids is 1. The molecule has 1 aromatic rings. The van der Waals surface area contributed by atoms with Crippen LogP contribution in [0.4, 0.5) is 0 Å². The summed E-state index contributed by atoms with van der Waals surface area (Å²) in [6, 6.07) is 7.52. The lowest BCUT2D eigenvalue weighted by Crippen LogP contribution is -2.38. The molecule has 0 aromatic heterocycles. The molecule has 0 bridgehead atoms. The lowest BCUT2D eigenvalue weighted by atomic mass is 9.93. The summed E-state index contributed by atoms with van der Waals surface area (Å²) in [5, 5.41) is 8.83. The highest BCUT2D eigenvalue weighted by Crippen LogP contribution is 2.22.